The molecule has 3 unspecified atom stereocenters. The number of hydrogen-bond donors (Lipinski definition) is 1. The van der Waals surface area contributed by atoms with Crippen molar-refractivity contribution in [2.24, 2.45) is 0 Å². The van der Waals surface area contributed by atoms with Crippen molar-refractivity contribution in [3.63, 3.8) is 0 Å². The van der Waals surface area contributed by atoms with Crippen LogP contribution in [0.1, 0.15) is 40.0 Å². The monoisotopic (exact) mass is 296 g/mol. The van der Waals surface area contributed by atoms with Crippen molar-refractivity contribution in [3.8, 4) is 0 Å². The van der Waals surface area contributed by atoms with E-state index in [0.29, 0.717) is 19.4 Å². The number of rotatable bonds is 4. The lowest BCUT2D eigenvalue weighted by Crippen LogP contribution is -2.69. The average molecular weight is 296 g/mol. The molecular weight excluding hydrogens is 272 g/mol. The first kappa shape index (κ1) is 15.2. The fourth-order valence-corrected chi connectivity index (χ4v) is 3.80. The molecule has 3 rings (SSSR count). The lowest BCUT2D eigenvalue weighted by atomic mass is 9.65. The van der Waals surface area contributed by atoms with E-state index in [4.69, 9.17) is 14.2 Å². The summed E-state index contributed by atoms with van der Waals surface area (Å²) < 4.78 is 16.8. The first-order valence-electron chi connectivity index (χ1n) is 7.54. The first-order valence-corrected chi connectivity index (χ1v) is 7.54. The maximum atomic E-state index is 12.2. The van der Waals surface area contributed by atoms with E-state index >= 15 is 0 Å². The first-order chi connectivity index (χ1) is 9.81. The molecule has 0 amide bonds. The van der Waals surface area contributed by atoms with Crippen LogP contribution in [-0.4, -0.2) is 53.6 Å². The Morgan fingerprint density at radius 3 is 2.71 bits per heavy atom. The summed E-state index contributed by atoms with van der Waals surface area (Å²) in [7, 11) is 1.46. The second kappa shape index (κ2) is 4.62. The summed E-state index contributed by atoms with van der Waals surface area (Å²) in [6, 6.07) is 0. The Morgan fingerprint density at radius 1 is 1.52 bits per heavy atom. The zero-order valence-corrected chi connectivity index (χ0v) is 13.1. The van der Waals surface area contributed by atoms with Crippen LogP contribution < -0.4 is 0 Å². The number of Topliss-reactive ketones (excluding diaryl/α,β-unsaturated/α-hetero) is 1. The molecule has 2 aliphatic heterocycles. The molecule has 1 spiro atoms. The van der Waals surface area contributed by atoms with Gasteiger partial charge in [-0.25, -0.2) is 0 Å². The van der Waals surface area contributed by atoms with Gasteiger partial charge in [0.25, 0.3) is 0 Å². The summed E-state index contributed by atoms with van der Waals surface area (Å²) in [5, 5.41) is 11.4. The second-order valence-electron chi connectivity index (χ2n) is 6.86. The molecule has 0 radical (unpaired) electrons. The van der Waals surface area contributed by atoms with Gasteiger partial charge in [-0.05, 0) is 33.6 Å². The van der Waals surface area contributed by atoms with Gasteiger partial charge in [0, 0.05) is 13.5 Å². The quantitative estimate of drug-likeness (QED) is 0.627. The molecule has 21 heavy (non-hydrogen) atoms. The highest BCUT2D eigenvalue weighted by atomic mass is 16.7. The van der Waals surface area contributed by atoms with E-state index in [0.717, 1.165) is 6.42 Å². The van der Waals surface area contributed by atoms with Crippen molar-refractivity contribution < 1.29 is 24.1 Å². The number of aliphatic hydroxyl groups is 1. The van der Waals surface area contributed by atoms with Crippen molar-refractivity contribution in [1.29, 1.82) is 0 Å². The van der Waals surface area contributed by atoms with E-state index in [1.807, 2.05) is 20.8 Å². The highest BCUT2D eigenvalue weighted by Gasteiger charge is 2.81. The zero-order valence-electron chi connectivity index (χ0n) is 13.1. The highest BCUT2D eigenvalue weighted by Crippen LogP contribution is 2.61. The molecule has 2 heterocycles. The van der Waals surface area contributed by atoms with Crippen molar-refractivity contribution in [2.45, 2.75) is 69.0 Å². The van der Waals surface area contributed by atoms with Crippen molar-refractivity contribution >= 4 is 5.78 Å². The molecule has 2 saturated heterocycles. The topological polar surface area (TPSA) is 71.6 Å². The minimum atomic E-state index is -1.41. The maximum Gasteiger partial charge on any atom is 0.164 e. The lowest BCUT2D eigenvalue weighted by molar-refractivity contribution is -0.193. The number of ketones is 1. The summed E-state index contributed by atoms with van der Waals surface area (Å²) >= 11 is 0. The van der Waals surface area contributed by atoms with Gasteiger partial charge in [-0.15, -0.1) is 0 Å². The predicted octanol–water partition coefficient (Wildman–Crippen LogP) is 1.38. The normalized spacial score (nSPS) is 48.3. The summed E-state index contributed by atoms with van der Waals surface area (Å²) in [4.78, 5) is 12.2. The third kappa shape index (κ3) is 1.95. The molecule has 3 fully saturated rings. The number of ether oxygens (including phenoxy) is 3. The van der Waals surface area contributed by atoms with Crippen molar-refractivity contribution in [3.05, 3.63) is 11.6 Å². The van der Waals surface area contributed by atoms with Crippen LogP contribution in [0.15, 0.2) is 11.6 Å². The molecule has 0 aromatic carbocycles. The van der Waals surface area contributed by atoms with Crippen LogP contribution in [0.5, 0.6) is 0 Å². The van der Waals surface area contributed by atoms with E-state index in [-0.39, 0.29) is 11.9 Å². The molecule has 1 N–H and O–H groups in total. The third-order valence-electron chi connectivity index (χ3n) is 5.31. The van der Waals surface area contributed by atoms with Crippen molar-refractivity contribution in [2.75, 3.05) is 13.7 Å². The molecule has 0 bridgehead atoms. The minimum absolute atomic E-state index is 0.0705. The Bertz CT molecular complexity index is 491. The fraction of sp³-hybridized carbons (Fsp3) is 0.812. The molecule has 0 aromatic heterocycles. The zero-order chi connectivity index (χ0) is 15.5. The largest absolute Gasteiger partial charge is 0.380 e. The molecule has 118 valence electrons. The Labute approximate surface area is 125 Å². The van der Waals surface area contributed by atoms with E-state index in [2.05, 4.69) is 6.08 Å². The van der Waals surface area contributed by atoms with Gasteiger partial charge in [-0.2, -0.15) is 0 Å². The van der Waals surface area contributed by atoms with Crippen molar-refractivity contribution in [1.82, 2.24) is 0 Å². The van der Waals surface area contributed by atoms with Crippen LogP contribution in [-0.2, 0) is 19.0 Å². The van der Waals surface area contributed by atoms with Gasteiger partial charge in [-0.3, -0.25) is 4.79 Å². The van der Waals surface area contributed by atoms with E-state index < -0.39 is 22.9 Å². The number of carbonyl (C=O) groups is 1. The maximum absolute atomic E-state index is 12.2. The third-order valence-corrected chi connectivity index (χ3v) is 5.31. The van der Waals surface area contributed by atoms with Crippen LogP contribution in [0.4, 0.5) is 0 Å². The number of allylic oxidation sites excluding steroid dienone is 1. The van der Waals surface area contributed by atoms with Gasteiger partial charge >= 0.3 is 0 Å². The van der Waals surface area contributed by atoms with Crippen LogP contribution in [0.2, 0.25) is 0 Å². The predicted molar refractivity (Wildman–Crippen MR) is 76.0 cm³/mol. The highest BCUT2D eigenvalue weighted by molar-refractivity contribution is 5.87. The Hall–Kier alpha value is -0.750. The Balaban J connectivity index is 1.90. The molecule has 5 nitrogen and oxygen atoms in total. The lowest BCUT2D eigenvalue weighted by Gasteiger charge is -2.45. The molecule has 3 aliphatic rings. The SMILES string of the molecule is CO[C@@H]1C(=O)CCC2(CO2)[C@@]1(O)C1(C)OC1CC=C(C)C. The number of methoxy groups -OCH3 is 1. The minimum Gasteiger partial charge on any atom is -0.380 e. The molecule has 5 heteroatoms. The molecule has 5 atom stereocenters. The summed E-state index contributed by atoms with van der Waals surface area (Å²) in [5.41, 5.74) is -1.69. The summed E-state index contributed by atoms with van der Waals surface area (Å²) in [6.07, 6.45) is 2.75. The van der Waals surface area contributed by atoms with E-state index in [1.165, 1.54) is 12.7 Å². The average Bonchev–Trinajstić information content (AvgIpc) is 3.31. The summed E-state index contributed by atoms with van der Waals surface area (Å²) in [6.45, 7) is 6.39. The van der Waals surface area contributed by atoms with Gasteiger partial charge < -0.3 is 19.3 Å². The molecule has 0 aromatic rings. The Kier molecular flexibility index (Phi) is 3.34. The molecular formula is C16H24O5. The van der Waals surface area contributed by atoms with Gasteiger partial charge in [0.2, 0.25) is 0 Å². The van der Waals surface area contributed by atoms with Crippen LogP contribution >= 0.6 is 0 Å². The van der Waals surface area contributed by atoms with Gasteiger partial charge in [0.05, 0.1) is 12.7 Å². The van der Waals surface area contributed by atoms with E-state index in [1.54, 1.807) is 0 Å². The van der Waals surface area contributed by atoms with E-state index in [9.17, 15) is 9.90 Å². The van der Waals surface area contributed by atoms with Crippen LogP contribution in [0.3, 0.4) is 0 Å². The standard InChI is InChI=1S/C16H24O5/c1-10(2)5-6-12-14(3,21-12)16(18)13(19-4)11(17)7-8-15(16)9-20-15/h5,12-13,18H,6-9H2,1-4H3/t12?,13-,14?,15?,16+/m1/s1. The van der Waals surface area contributed by atoms with Gasteiger partial charge in [-0.1, -0.05) is 11.6 Å². The number of hydrogen-bond acceptors (Lipinski definition) is 5. The number of carbonyl (C=O) groups excluding carboxylic acids is 1. The fourth-order valence-electron chi connectivity index (χ4n) is 3.80. The van der Waals surface area contributed by atoms with Crippen LogP contribution in [0.25, 0.3) is 0 Å². The second-order valence-corrected chi connectivity index (χ2v) is 6.86. The molecule has 1 saturated carbocycles. The molecule has 1 aliphatic carbocycles. The smallest absolute Gasteiger partial charge is 0.164 e. The number of epoxide rings is 2. The Morgan fingerprint density at radius 2 is 2.19 bits per heavy atom. The summed E-state index contributed by atoms with van der Waals surface area (Å²) in [5.74, 6) is -0.0705. The van der Waals surface area contributed by atoms with Crippen LogP contribution in [0, 0.1) is 0 Å². The van der Waals surface area contributed by atoms with Gasteiger partial charge in [0.15, 0.2) is 11.4 Å². The van der Waals surface area contributed by atoms with Gasteiger partial charge in [0.1, 0.15) is 17.3 Å².